The molecule has 2 unspecified atom stereocenters. The number of aliphatic hydroxyl groups excluding tert-OH is 1. The summed E-state index contributed by atoms with van der Waals surface area (Å²) in [6, 6.07) is 8.82. The van der Waals surface area contributed by atoms with Crippen LogP contribution in [0.1, 0.15) is 38.2 Å². The van der Waals surface area contributed by atoms with Gasteiger partial charge in [0.2, 0.25) is 5.91 Å². The monoisotopic (exact) mass is 319 g/mol. The fourth-order valence-electron chi connectivity index (χ4n) is 2.79. The first-order chi connectivity index (χ1) is 11.1. The first-order valence-corrected chi connectivity index (χ1v) is 8.28. The molecule has 5 nitrogen and oxygen atoms in total. The maximum Gasteiger partial charge on any atom is 0.337 e. The Bertz CT molecular complexity index is 513. The Morgan fingerprint density at radius 3 is 2.57 bits per heavy atom. The molecule has 1 aromatic carbocycles. The number of ether oxygens (including phenoxy) is 1. The first-order valence-electron chi connectivity index (χ1n) is 8.28. The number of hydrogen-bond donors (Lipinski definition) is 2. The van der Waals surface area contributed by atoms with Gasteiger partial charge in [0.25, 0.3) is 0 Å². The second-order valence-electron chi connectivity index (χ2n) is 6.07. The van der Waals surface area contributed by atoms with Gasteiger partial charge in [-0.1, -0.05) is 49.6 Å². The molecule has 0 spiro atoms. The largest absolute Gasteiger partial charge is 0.464 e. The molecular formula is C18H25NO4. The van der Waals surface area contributed by atoms with Crippen molar-refractivity contribution < 1.29 is 19.4 Å². The molecule has 5 heteroatoms. The normalized spacial score (nSPS) is 17.0. The van der Waals surface area contributed by atoms with Crippen LogP contribution < -0.4 is 5.32 Å². The summed E-state index contributed by atoms with van der Waals surface area (Å²) in [7, 11) is 0. The van der Waals surface area contributed by atoms with Crippen LogP contribution in [0.4, 0.5) is 0 Å². The minimum absolute atomic E-state index is 0.191. The molecule has 1 fully saturated rings. The van der Waals surface area contributed by atoms with Crippen LogP contribution in [0, 0.1) is 5.92 Å². The highest BCUT2D eigenvalue weighted by atomic mass is 16.5. The van der Waals surface area contributed by atoms with Crippen LogP contribution in [0.25, 0.3) is 0 Å². The van der Waals surface area contributed by atoms with E-state index in [0.29, 0.717) is 12.3 Å². The lowest BCUT2D eigenvalue weighted by Crippen LogP contribution is -2.49. The molecule has 1 saturated carbocycles. The average Bonchev–Trinajstić information content (AvgIpc) is 2.50. The summed E-state index contributed by atoms with van der Waals surface area (Å²) in [6.45, 7) is 1.91. The Morgan fingerprint density at radius 1 is 1.30 bits per heavy atom. The van der Waals surface area contributed by atoms with Crippen molar-refractivity contribution in [1.29, 1.82) is 0 Å². The van der Waals surface area contributed by atoms with E-state index in [0.717, 1.165) is 18.4 Å². The molecule has 0 radical (unpaired) electrons. The van der Waals surface area contributed by atoms with Crippen molar-refractivity contribution in [1.82, 2.24) is 5.32 Å². The summed E-state index contributed by atoms with van der Waals surface area (Å²) in [4.78, 5) is 24.0. The zero-order valence-electron chi connectivity index (χ0n) is 13.5. The van der Waals surface area contributed by atoms with E-state index in [-0.39, 0.29) is 18.9 Å². The van der Waals surface area contributed by atoms with E-state index in [9.17, 15) is 14.7 Å². The number of rotatable bonds is 8. The number of aliphatic hydroxyl groups is 1. The maximum atomic E-state index is 12.2. The van der Waals surface area contributed by atoms with Gasteiger partial charge in [-0.15, -0.1) is 0 Å². The number of nitrogens with one attached hydrogen (secondary N) is 1. The van der Waals surface area contributed by atoms with Crippen molar-refractivity contribution in [2.75, 3.05) is 6.61 Å². The van der Waals surface area contributed by atoms with Crippen molar-refractivity contribution in [2.45, 2.75) is 51.2 Å². The minimum atomic E-state index is -1.31. The highest BCUT2D eigenvalue weighted by Crippen LogP contribution is 2.31. The van der Waals surface area contributed by atoms with Gasteiger partial charge in [-0.2, -0.15) is 0 Å². The smallest absolute Gasteiger partial charge is 0.337 e. The minimum Gasteiger partial charge on any atom is -0.464 e. The van der Waals surface area contributed by atoms with Crippen LogP contribution >= 0.6 is 0 Å². The number of amides is 1. The summed E-state index contributed by atoms with van der Waals surface area (Å²) < 4.78 is 4.88. The third kappa shape index (κ3) is 5.36. The van der Waals surface area contributed by atoms with Gasteiger partial charge >= 0.3 is 5.97 Å². The Kier molecular flexibility index (Phi) is 6.59. The SMILES string of the molecule is CCOC(=O)C(O)C(CC1CCC1)NC(=O)Cc1ccccc1. The molecule has 0 aliphatic heterocycles. The van der Waals surface area contributed by atoms with Gasteiger partial charge in [0, 0.05) is 0 Å². The fourth-order valence-corrected chi connectivity index (χ4v) is 2.79. The molecule has 1 aromatic rings. The zero-order chi connectivity index (χ0) is 16.7. The van der Waals surface area contributed by atoms with E-state index >= 15 is 0 Å². The van der Waals surface area contributed by atoms with Gasteiger partial charge in [0.15, 0.2) is 6.10 Å². The lowest BCUT2D eigenvalue weighted by Gasteiger charge is -2.31. The Labute approximate surface area is 137 Å². The van der Waals surface area contributed by atoms with E-state index < -0.39 is 18.1 Å². The molecule has 0 bridgehead atoms. The maximum absolute atomic E-state index is 12.2. The quantitative estimate of drug-likeness (QED) is 0.717. The van der Waals surface area contributed by atoms with E-state index in [4.69, 9.17) is 4.74 Å². The van der Waals surface area contributed by atoms with Gasteiger partial charge in [-0.25, -0.2) is 4.79 Å². The molecule has 1 amide bonds. The number of carbonyl (C=O) groups excluding carboxylic acids is 2. The predicted octanol–water partition coefficient (Wildman–Crippen LogP) is 1.83. The zero-order valence-corrected chi connectivity index (χ0v) is 13.5. The summed E-state index contributed by atoms with van der Waals surface area (Å²) in [5.74, 6) is -0.401. The summed E-state index contributed by atoms with van der Waals surface area (Å²) in [5, 5.41) is 13.0. The van der Waals surface area contributed by atoms with Crippen molar-refractivity contribution in [2.24, 2.45) is 5.92 Å². The molecule has 1 aliphatic carbocycles. The van der Waals surface area contributed by atoms with E-state index in [2.05, 4.69) is 5.32 Å². The van der Waals surface area contributed by atoms with Gasteiger partial charge in [-0.05, 0) is 24.8 Å². The molecule has 0 saturated heterocycles. The Balaban J connectivity index is 1.95. The van der Waals surface area contributed by atoms with Crippen LogP contribution in [0.2, 0.25) is 0 Å². The Hall–Kier alpha value is -1.88. The van der Waals surface area contributed by atoms with Crippen LogP contribution in [-0.4, -0.2) is 35.7 Å². The van der Waals surface area contributed by atoms with Crippen LogP contribution in [0.15, 0.2) is 30.3 Å². The molecule has 0 heterocycles. The lowest BCUT2D eigenvalue weighted by molar-refractivity contribution is -0.155. The van der Waals surface area contributed by atoms with Gasteiger partial charge in [-0.3, -0.25) is 4.79 Å². The molecule has 2 N–H and O–H groups in total. The van der Waals surface area contributed by atoms with Gasteiger partial charge in [0.1, 0.15) is 0 Å². The average molecular weight is 319 g/mol. The second-order valence-corrected chi connectivity index (χ2v) is 6.07. The standard InChI is InChI=1S/C18H25NO4/c1-2-23-18(22)17(21)15(11-13-9-6-10-13)19-16(20)12-14-7-4-3-5-8-14/h3-5,7-8,13,15,17,21H,2,6,9-12H2,1H3,(H,19,20). The van der Waals surface area contributed by atoms with Crippen molar-refractivity contribution in [3.8, 4) is 0 Å². The number of esters is 1. The van der Waals surface area contributed by atoms with Crippen molar-refractivity contribution in [3.63, 3.8) is 0 Å². The van der Waals surface area contributed by atoms with Crippen molar-refractivity contribution >= 4 is 11.9 Å². The number of benzene rings is 1. The van der Waals surface area contributed by atoms with Crippen molar-refractivity contribution in [3.05, 3.63) is 35.9 Å². The number of hydrogen-bond acceptors (Lipinski definition) is 4. The van der Waals surface area contributed by atoms with Crippen LogP contribution in [0.3, 0.4) is 0 Å². The first kappa shape index (κ1) is 17.5. The van der Waals surface area contributed by atoms with E-state index in [1.165, 1.54) is 6.42 Å². The van der Waals surface area contributed by atoms with Gasteiger partial charge in [0.05, 0.1) is 19.1 Å². The summed E-state index contributed by atoms with van der Waals surface area (Å²) >= 11 is 0. The van der Waals surface area contributed by atoms with E-state index in [1.807, 2.05) is 30.3 Å². The highest BCUT2D eigenvalue weighted by Gasteiger charge is 2.32. The molecule has 0 aromatic heterocycles. The highest BCUT2D eigenvalue weighted by molar-refractivity contribution is 5.81. The second kappa shape index (κ2) is 8.67. The van der Waals surface area contributed by atoms with E-state index in [1.54, 1.807) is 6.92 Å². The third-order valence-corrected chi connectivity index (χ3v) is 4.28. The number of carbonyl (C=O) groups is 2. The molecule has 1 aliphatic rings. The predicted molar refractivity (Wildman–Crippen MR) is 86.7 cm³/mol. The fraction of sp³-hybridized carbons (Fsp3) is 0.556. The Morgan fingerprint density at radius 2 is 2.00 bits per heavy atom. The van der Waals surface area contributed by atoms with Crippen LogP contribution in [0.5, 0.6) is 0 Å². The molecular weight excluding hydrogens is 294 g/mol. The van der Waals surface area contributed by atoms with Crippen LogP contribution in [-0.2, 0) is 20.7 Å². The molecule has 2 rings (SSSR count). The molecule has 2 atom stereocenters. The lowest BCUT2D eigenvalue weighted by atomic mass is 9.80. The molecule has 126 valence electrons. The third-order valence-electron chi connectivity index (χ3n) is 4.28. The molecule has 23 heavy (non-hydrogen) atoms. The summed E-state index contributed by atoms with van der Waals surface area (Å²) in [5.41, 5.74) is 0.901. The topological polar surface area (TPSA) is 75.6 Å². The van der Waals surface area contributed by atoms with Gasteiger partial charge < -0.3 is 15.2 Å². The summed E-state index contributed by atoms with van der Waals surface area (Å²) in [6.07, 6.45) is 2.87.